The van der Waals surface area contributed by atoms with Crippen LogP contribution in [0.2, 0.25) is 0 Å². The van der Waals surface area contributed by atoms with E-state index in [2.05, 4.69) is 20.7 Å². The maximum Gasteiger partial charge on any atom is 0.329 e. The molecule has 2 heterocycles. The van der Waals surface area contributed by atoms with Crippen LogP contribution < -0.4 is 20.2 Å². The average Bonchev–Trinajstić information content (AvgIpc) is 3.13. The Labute approximate surface area is 151 Å². The number of rotatable bonds is 6. The number of amides is 2. The van der Waals surface area contributed by atoms with Crippen molar-refractivity contribution in [1.82, 2.24) is 15.6 Å². The highest BCUT2D eigenvalue weighted by Gasteiger charge is 2.14. The Morgan fingerprint density at radius 2 is 1.96 bits per heavy atom. The first-order valence-electron chi connectivity index (χ1n) is 8.53. The summed E-state index contributed by atoms with van der Waals surface area (Å²) in [5.41, 5.74) is 2.93. The number of hydrogen-bond donors (Lipinski definition) is 2. The van der Waals surface area contributed by atoms with Gasteiger partial charge in [-0.05, 0) is 36.7 Å². The maximum atomic E-state index is 11.7. The molecule has 140 valence electrons. The van der Waals surface area contributed by atoms with Gasteiger partial charge >= 0.3 is 11.8 Å². The fourth-order valence-electron chi connectivity index (χ4n) is 2.62. The third-order valence-electron chi connectivity index (χ3n) is 4.02. The molecule has 3 rings (SSSR count). The third kappa shape index (κ3) is 5.17. The van der Waals surface area contributed by atoms with Gasteiger partial charge in [0.1, 0.15) is 0 Å². The van der Waals surface area contributed by atoms with Crippen molar-refractivity contribution >= 4 is 18.0 Å². The van der Waals surface area contributed by atoms with Crippen molar-refractivity contribution in [2.45, 2.75) is 6.42 Å². The molecule has 0 radical (unpaired) electrons. The second-order valence-corrected chi connectivity index (χ2v) is 5.88. The molecule has 1 saturated heterocycles. The quantitative estimate of drug-likeness (QED) is 0.312. The molecule has 0 unspecified atom stereocenters. The predicted octanol–water partition coefficient (Wildman–Crippen LogP) is -0.296. The minimum absolute atomic E-state index is 0.193. The van der Waals surface area contributed by atoms with Crippen LogP contribution in [0.3, 0.4) is 0 Å². The Balaban J connectivity index is 1.34. The fourth-order valence-corrected chi connectivity index (χ4v) is 2.62. The van der Waals surface area contributed by atoms with Crippen LogP contribution in [-0.2, 0) is 14.3 Å². The lowest BCUT2D eigenvalue weighted by molar-refractivity contribution is -0.139. The number of nitrogens with one attached hydrogen (secondary N) is 2. The van der Waals surface area contributed by atoms with E-state index in [0.29, 0.717) is 18.0 Å². The summed E-state index contributed by atoms with van der Waals surface area (Å²) in [5.74, 6) is -0.205. The lowest BCUT2D eigenvalue weighted by Gasteiger charge is -2.26. The molecular weight excluding hydrogens is 340 g/mol. The van der Waals surface area contributed by atoms with Crippen molar-refractivity contribution in [3.05, 3.63) is 23.8 Å². The van der Waals surface area contributed by atoms with Gasteiger partial charge in [0.2, 0.25) is 6.79 Å². The van der Waals surface area contributed by atoms with E-state index in [-0.39, 0.29) is 6.79 Å². The van der Waals surface area contributed by atoms with E-state index in [9.17, 15) is 9.59 Å². The molecule has 26 heavy (non-hydrogen) atoms. The largest absolute Gasteiger partial charge is 0.454 e. The number of carbonyl (C=O) groups excluding carboxylic acids is 2. The number of ether oxygens (including phenoxy) is 3. The number of benzene rings is 1. The summed E-state index contributed by atoms with van der Waals surface area (Å²) < 4.78 is 15.7. The zero-order valence-corrected chi connectivity index (χ0v) is 14.4. The highest BCUT2D eigenvalue weighted by Crippen LogP contribution is 2.31. The smallest absolute Gasteiger partial charge is 0.329 e. The highest BCUT2D eigenvalue weighted by atomic mass is 16.7. The second kappa shape index (κ2) is 9.16. The molecule has 2 aliphatic heterocycles. The van der Waals surface area contributed by atoms with Crippen molar-refractivity contribution in [3.8, 4) is 11.5 Å². The molecule has 0 aromatic heterocycles. The van der Waals surface area contributed by atoms with E-state index in [1.54, 1.807) is 18.2 Å². The van der Waals surface area contributed by atoms with E-state index in [1.807, 2.05) is 0 Å². The van der Waals surface area contributed by atoms with Gasteiger partial charge in [-0.1, -0.05) is 0 Å². The summed E-state index contributed by atoms with van der Waals surface area (Å²) in [6.07, 6.45) is 2.21. The minimum atomic E-state index is -0.798. The molecule has 0 aliphatic carbocycles. The zero-order valence-electron chi connectivity index (χ0n) is 14.4. The SMILES string of the molecule is O=C(NCCCN1CCOCC1)C(=O)NN=Cc1ccc2c(c1)OCO2. The zero-order chi connectivity index (χ0) is 18.2. The van der Waals surface area contributed by atoms with E-state index in [0.717, 1.165) is 44.8 Å². The standard InChI is InChI=1S/C17H22N4O5/c22-16(18-4-1-5-21-6-8-24-9-7-21)17(23)20-19-11-13-2-3-14-15(10-13)26-12-25-14/h2-3,10-11H,1,4-9,12H2,(H,18,22)(H,20,23). The highest BCUT2D eigenvalue weighted by molar-refractivity contribution is 6.35. The lowest BCUT2D eigenvalue weighted by Crippen LogP contribution is -2.40. The molecule has 0 spiro atoms. The number of morpholine rings is 1. The topological polar surface area (TPSA) is 101 Å². The average molecular weight is 362 g/mol. The molecule has 2 N–H and O–H groups in total. The van der Waals surface area contributed by atoms with Gasteiger partial charge in [0.05, 0.1) is 19.4 Å². The van der Waals surface area contributed by atoms with Gasteiger partial charge in [0, 0.05) is 19.6 Å². The fraction of sp³-hybridized carbons (Fsp3) is 0.471. The Morgan fingerprint density at radius 1 is 1.15 bits per heavy atom. The minimum Gasteiger partial charge on any atom is -0.454 e. The number of fused-ring (bicyclic) bond motifs is 1. The molecule has 0 saturated carbocycles. The van der Waals surface area contributed by atoms with Crippen LogP contribution in [0.1, 0.15) is 12.0 Å². The molecular formula is C17H22N4O5. The molecule has 9 heteroatoms. The lowest BCUT2D eigenvalue weighted by atomic mass is 10.2. The van der Waals surface area contributed by atoms with Crippen molar-refractivity contribution in [3.63, 3.8) is 0 Å². The van der Waals surface area contributed by atoms with Gasteiger partial charge in [-0.2, -0.15) is 5.10 Å². The summed E-state index contributed by atoms with van der Waals surface area (Å²) in [4.78, 5) is 25.7. The first kappa shape index (κ1) is 18.2. The second-order valence-electron chi connectivity index (χ2n) is 5.88. The van der Waals surface area contributed by atoms with Gasteiger partial charge in [-0.25, -0.2) is 5.43 Å². The summed E-state index contributed by atoms with van der Waals surface area (Å²) >= 11 is 0. The maximum absolute atomic E-state index is 11.7. The summed E-state index contributed by atoms with van der Waals surface area (Å²) in [7, 11) is 0. The van der Waals surface area contributed by atoms with Crippen molar-refractivity contribution in [2.75, 3.05) is 46.2 Å². The Hall–Kier alpha value is -2.65. The van der Waals surface area contributed by atoms with Crippen LogP contribution in [0.15, 0.2) is 23.3 Å². The molecule has 1 aromatic rings. The monoisotopic (exact) mass is 362 g/mol. The third-order valence-corrected chi connectivity index (χ3v) is 4.02. The first-order valence-corrected chi connectivity index (χ1v) is 8.53. The van der Waals surface area contributed by atoms with E-state index in [4.69, 9.17) is 14.2 Å². The number of carbonyl (C=O) groups is 2. The van der Waals surface area contributed by atoms with Crippen LogP contribution in [0.4, 0.5) is 0 Å². The van der Waals surface area contributed by atoms with E-state index in [1.165, 1.54) is 6.21 Å². The Morgan fingerprint density at radius 3 is 2.81 bits per heavy atom. The van der Waals surface area contributed by atoms with Crippen LogP contribution in [-0.4, -0.2) is 69.1 Å². The van der Waals surface area contributed by atoms with Crippen LogP contribution in [0.5, 0.6) is 11.5 Å². The molecule has 1 fully saturated rings. The number of hydrogen-bond acceptors (Lipinski definition) is 7. The van der Waals surface area contributed by atoms with Crippen molar-refractivity contribution in [1.29, 1.82) is 0 Å². The van der Waals surface area contributed by atoms with Gasteiger partial charge in [-0.3, -0.25) is 14.5 Å². The van der Waals surface area contributed by atoms with Crippen LogP contribution in [0, 0.1) is 0 Å². The van der Waals surface area contributed by atoms with Gasteiger partial charge < -0.3 is 19.5 Å². The first-order chi connectivity index (χ1) is 12.7. The molecule has 1 aromatic carbocycles. The van der Waals surface area contributed by atoms with Gasteiger partial charge in [-0.15, -0.1) is 0 Å². The van der Waals surface area contributed by atoms with Gasteiger partial charge in [0.25, 0.3) is 0 Å². The summed E-state index contributed by atoms with van der Waals surface area (Å²) in [5, 5.41) is 6.37. The predicted molar refractivity (Wildman–Crippen MR) is 93.2 cm³/mol. The van der Waals surface area contributed by atoms with Crippen LogP contribution in [0.25, 0.3) is 0 Å². The normalized spacial score (nSPS) is 16.6. The van der Waals surface area contributed by atoms with Crippen molar-refractivity contribution in [2.24, 2.45) is 5.10 Å². The van der Waals surface area contributed by atoms with Crippen LogP contribution >= 0.6 is 0 Å². The molecule has 0 atom stereocenters. The number of hydrazone groups is 1. The summed E-state index contributed by atoms with van der Waals surface area (Å²) in [6.45, 7) is 4.81. The van der Waals surface area contributed by atoms with Crippen molar-refractivity contribution < 1.29 is 23.8 Å². The van der Waals surface area contributed by atoms with E-state index >= 15 is 0 Å². The molecule has 2 amide bonds. The number of nitrogens with zero attached hydrogens (tertiary/aromatic N) is 2. The van der Waals surface area contributed by atoms with Gasteiger partial charge in [0.15, 0.2) is 11.5 Å². The molecule has 2 aliphatic rings. The molecule has 0 bridgehead atoms. The Bertz CT molecular complexity index is 673. The Kier molecular flexibility index (Phi) is 6.39. The molecule has 9 nitrogen and oxygen atoms in total. The van der Waals surface area contributed by atoms with E-state index < -0.39 is 11.8 Å². The summed E-state index contributed by atoms with van der Waals surface area (Å²) in [6, 6.07) is 5.27.